The monoisotopic (exact) mass is 340 g/mol. The minimum Gasteiger partial charge on any atom is -0.495 e. The molecule has 0 spiro atoms. The molecule has 2 amide bonds. The number of carbonyl (C=O) groups excluding carboxylic acids is 2. The number of carbonyl (C=O) groups is 2. The van der Waals surface area contributed by atoms with Crippen molar-refractivity contribution in [2.45, 2.75) is 39.5 Å². The Balaban J connectivity index is 2.60. The second-order valence-corrected chi connectivity index (χ2v) is 5.70. The number of amides is 2. The number of ether oxygens (including phenoxy) is 1. The van der Waals surface area contributed by atoms with E-state index >= 15 is 0 Å². The van der Waals surface area contributed by atoms with Crippen molar-refractivity contribution in [3.8, 4) is 5.75 Å². The summed E-state index contributed by atoms with van der Waals surface area (Å²) in [5.41, 5.74) is 0.655. The topological polar surface area (TPSA) is 58.6 Å². The molecule has 0 bridgehead atoms. The molecule has 1 aromatic rings. The molecule has 5 nitrogen and oxygen atoms in total. The van der Waals surface area contributed by atoms with Gasteiger partial charge in [-0.25, -0.2) is 0 Å². The molecule has 0 saturated carbocycles. The molecule has 0 heterocycles. The van der Waals surface area contributed by atoms with Gasteiger partial charge in [-0.2, -0.15) is 0 Å². The summed E-state index contributed by atoms with van der Waals surface area (Å²) in [5.74, 6) is 0.365. The molecule has 1 rings (SSSR count). The number of anilines is 1. The van der Waals surface area contributed by atoms with Gasteiger partial charge in [-0.05, 0) is 24.6 Å². The number of nitrogens with one attached hydrogen (secondary N) is 1. The number of nitrogens with zero attached hydrogens (tertiary/aromatic N) is 1. The molecule has 1 aromatic carbocycles. The van der Waals surface area contributed by atoms with E-state index in [4.69, 9.17) is 16.3 Å². The molecule has 0 fully saturated rings. The summed E-state index contributed by atoms with van der Waals surface area (Å²) < 4.78 is 5.10. The number of halogens is 1. The maximum absolute atomic E-state index is 11.8. The lowest BCUT2D eigenvalue weighted by Crippen LogP contribution is -2.34. The van der Waals surface area contributed by atoms with Crippen LogP contribution in [0.25, 0.3) is 0 Å². The first kappa shape index (κ1) is 19.3. The van der Waals surface area contributed by atoms with Gasteiger partial charge < -0.3 is 15.0 Å². The minimum absolute atomic E-state index is 0.0491. The fourth-order valence-corrected chi connectivity index (χ4v) is 2.45. The molecule has 0 unspecified atom stereocenters. The minimum atomic E-state index is -0.134. The summed E-state index contributed by atoms with van der Waals surface area (Å²) >= 11 is 6.10. The third-order valence-electron chi connectivity index (χ3n) is 3.49. The van der Waals surface area contributed by atoms with Crippen molar-refractivity contribution >= 4 is 29.1 Å². The third kappa shape index (κ3) is 6.48. The molecule has 0 atom stereocenters. The van der Waals surface area contributed by atoms with Crippen molar-refractivity contribution in [2.75, 3.05) is 25.1 Å². The first-order valence-electron chi connectivity index (χ1n) is 7.88. The number of unbranched alkanes of at least 4 members (excludes halogenated alkanes) is 2. The van der Waals surface area contributed by atoms with E-state index in [2.05, 4.69) is 12.2 Å². The zero-order chi connectivity index (χ0) is 17.2. The van der Waals surface area contributed by atoms with E-state index in [1.807, 2.05) is 0 Å². The fourth-order valence-electron chi connectivity index (χ4n) is 2.20. The fraction of sp³-hybridized carbons (Fsp3) is 0.529. The Kier molecular flexibility index (Phi) is 8.48. The second-order valence-electron chi connectivity index (χ2n) is 5.30. The average molecular weight is 341 g/mol. The molecule has 1 N–H and O–H groups in total. The van der Waals surface area contributed by atoms with Crippen LogP contribution in [0.3, 0.4) is 0 Å². The largest absolute Gasteiger partial charge is 0.495 e. The lowest BCUT2D eigenvalue weighted by molar-refractivity contribution is -0.121. The van der Waals surface area contributed by atoms with Crippen molar-refractivity contribution in [3.05, 3.63) is 23.2 Å². The Bertz CT molecular complexity index is 535. The van der Waals surface area contributed by atoms with Crippen LogP contribution in [0.4, 0.5) is 5.69 Å². The lowest BCUT2D eigenvalue weighted by atomic mass is 10.2. The van der Waals surface area contributed by atoms with Gasteiger partial charge in [0, 0.05) is 32.1 Å². The van der Waals surface area contributed by atoms with E-state index in [1.54, 1.807) is 18.2 Å². The molecule has 128 valence electrons. The average Bonchev–Trinajstić information content (AvgIpc) is 2.51. The predicted molar refractivity (Wildman–Crippen MR) is 93.2 cm³/mol. The van der Waals surface area contributed by atoms with Crippen molar-refractivity contribution in [1.82, 2.24) is 5.32 Å². The van der Waals surface area contributed by atoms with E-state index < -0.39 is 0 Å². The van der Waals surface area contributed by atoms with Crippen molar-refractivity contribution in [3.63, 3.8) is 0 Å². The van der Waals surface area contributed by atoms with Crippen LogP contribution in [-0.4, -0.2) is 32.0 Å². The van der Waals surface area contributed by atoms with Gasteiger partial charge in [0.05, 0.1) is 12.1 Å². The van der Waals surface area contributed by atoms with Crippen LogP contribution in [0.1, 0.15) is 39.5 Å². The van der Waals surface area contributed by atoms with Crippen LogP contribution in [0.2, 0.25) is 5.02 Å². The Hall–Kier alpha value is -1.75. The maximum atomic E-state index is 11.8. The number of rotatable bonds is 9. The number of hydrogen-bond acceptors (Lipinski definition) is 3. The van der Waals surface area contributed by atoms with Crippen molar-refractivity contribution in [2.24, 2.45) is 0 Å². The van der Waals surface area contributed by atoms with Gasteiger partial charge in [-0.1, -0.05) is 31.4 Å². The molecule has 0 aliphatic rings. The Labute approximate surface area is 142 Å². The highest BCUT2D eigenvalue weighted by Gasteiger charge is 2.15. The van der Waals surface area contributed by atoms with Gasteiger partial charge in [0.15, 0.2) is 0 Å². The number of benzene rings is 1. The van der Waals surface area contributed by atoms with Crippen LogP contribution in [-0.2, 0) is 9.59 Å². The van der Waals surface area contributed by atoms with Gasteiger partial charge in [-0.15, -0.1) is 0 Å². The van der Waals surface area contributed by atoms with E-state index in [1.165, 1.54) is 18.9 Å². The van der Waals surface area contributed by atoms with Crippen molar-refractivity contribution in [1.29, 1.82) is 0 Å². The quantitative estimate of drug-likeness (QED) is 0.701. The van der Waals surface area contributed by atoms with Gasteiger partial charge in [0.2, 0.25) is 11.8 Å². The van der Waals surface area contributed by atoms with E-state index in [9.17, 15) is 9.59 Å². The highest BCUT2D eigenvalue weighted by molar-refractivity contribution is 6.32. The van der Waals surface area contributed by atoms with Crippen LogP contribution >= 0.6 is 11.6 Å². The van der Waals surface area contributed by atoms with E-state index in [-0.39, 0.29) is 18.2 Å². The summed E-state index contributed by atoms with van der Waals surface area (Å²) in [7, 11) is 1.53. The SMILES string of the molecule is CCCCCNC(=O)CCN(C(C)=O)c1ccc(OC)c(Cl)c1. The van der Waals surface area contributed by atoms with Gasteiger partial charge in [-0.3, -0.25) is 9.59 Å². The first-order valence-corrected chi connectivity index (χ1v) is 8.25. The van der Waals surface area contributed by atoms with Gasteiger partial charge in [0.1, 0.15) is 5.75 Å². The van der Waals surface area contributed by atoms with E-state index in [0.29, 0.717) is 29.5 Å². The third-order valence-corrected chi connectivity index (χ3v) is 3.79. The molecule has 0 aliphatic carbocycles. The Morgan fingerprint density at radius 2 is 2.04 bits per heavy atom. The zero-order valence-corrected chi connectivity index (χ0v) is 14.8. The summed E-state index contributed by atoms with van der Waals surface area (Å²) in [6.07, 6.45) is 3.46. The van der Waals surface area contributed by atoms with Gasteiger partial charge in [0.25, 0.3) is 0 Å². The summed E-state index contributed by atoms with van der Waals surface area (Å²) in [6.45, 7) is 4.59. The van der Waals surface area contributed by atoms with Crippen LogP contribution in [0, 0.1) is 0 Å². The maximum Gasteiger partial charge on any atom is 0.223 e. The molecular formula is C17H25ClN2O3. The zero-order valence-electron chi connectivity index (χ0n) is 14.0. The van der Waals surface area contributed by atoms with Crippen LogP contribution in [0.15, 0.2) is 18.2 Å². The smallest absolute Gasteiger partial charge is 0.223 e. The van der Waals surface area contributed by atoms with Crippen LogP contribution in [0.5, 0.6) is 5.75 Å². The first-order chi connectivity index (χ1) is 11.0. The molecule has 23 heavy (non-hydrogen) atoms. The predicted octanol–water partition coefficient (Wildman–Crippen LogP) is 3.40. The number of hydrogen-bond donors (Lipinski definition) is 1. The van der Waals surface area contributed by atoms with Crippen LogP contribution < -0.4 is 15.0 Å². The highest BCUT2D eigenvalue weighted by atomic mass is 35.5. The molecule has 6 heteroatoms. The molecule has 0 saturated heterocycles. The highest BCUT2D eigenvalue weighted by Crippen LogP contribution is 2.29. The Morgan fingerprint density at radius 1 is 1.30 bits per heavy atom. The summed E-state index contributed by atoms with van der Waals surface area (Å²) in [5, 5.41) is 3.30. The standard InChI is InChI=1S/C17H25ClN2O3/c1-4-5-6-10-19-17(22)9-11-20(13(2)21)14-7-8-16(23-3)15(18)12-14/h7-8,12H,4-6,9-11H2,1-3H3,(H,19,22). The molecule has 0 aromatic heterocycles. The molecular weight excluding hydrogens is 316 g/mol. The normalized spacial score (nSPS) is 10.3. The second kappa shape index (κ2) is 10.1. The Morgan fingerprint density at radius 3 is 2.61 bits per heavy atom. The van der Waals surface area contributed by atoms with Crippen molar-refractivity contribution < 1.29 is 14.3 Å². The lowest BCUT2D eigenvalue weighted by Gasteiger charge is -2.21. The van der Waals surface area contributed by atoms with E-state index in [0.717, 1.165) is 19.3 Å². The summed E-state index contributed by atoms with van der Waals surface area (Å²) in [4.78, 5) is 25.2. The molecule has 0 radical (unpaired) electrons. The number of methoxy groups -OCH3 is 1. The van der Waals surface area contributed by atoms with Gasteiger partial charge >= 0.3 is 0 Å². The molecule has 0 aliphatic heterocycles. The summed E-state index contributed by atoms with van der Waals surface area (Å²) in [6, 6.07) is 5.13.